The van der Waals surface area contributed by atoms with Gasteiger partial charge in [-0.05, 0) is 31.4 Å². The Hall–Kier alpha value is -2.11. The van der Waals surface area contributed by atoms with Crippen LogP contribution in [0.15, 0.2) is 12.1 Å². The van der Waals surface area contributed by atoms with E-state index >= 15 is 0 Å². The van der Waals surface area contributed by atoms with Crippen LogP contribution in [0.2, 0.25) is 0 Å². The van der Waals surface area contributed by atoms with Crippen LogP contribution in [-0.4, -0.2) is 28.1 Å². The molecule has 110 valence electrons. The number of carboxylic acids is 1. The van der Waals surface area contributed by atoms with E-state index in [0.717, 1.165) is 5.69 Å². The highest BCUT2D eigenvalue weighted by Crippen LogP contribution is 2.20. The third-order valence-corrected chi connectivity index (χ3v) is 2.86. The Morgan fingerprint density at radius 1 is 1.25 bits per heavy atom. The van der Waals surface area contributed by atoms with Gasteiger partial charge in [0.25, 0.3) is 0 Å². The van der Waals surface area contributed by atoms with Crippen molar-refractivity contribution in [2.45, 2.75) is 40.7 Å². The SMILES string of the molecule is Cc1ccc(NC(=O)N[C@@H](C(=O)O)C(C)(C)C)c(C)n1. The first-order valence-corrected chi connectivity index (χ1v) is 6.36. The Bertz CT molecular complexity index is 521. The Balaban J connectivity index is 2.79. The van der Waals surface area contributed by atoms with E-state index in [1.807, 2.05) is 6.92 Å². The van der Waals surface area contributed by atoms with Crippen molar-refractivity contribution < 1.29 is 14.7 Å². The summed E-state index contributed by atoms with van der Waals surface area (Å²) in [6.45, 7) is 8.90. The summed E-state index contributed by atoms with van der Waals surface area (Å²) in [5, 5.41) is 14.2. The fourth-order valence-electron chi connectivity index (χ4n) is 1.76. The van der Waals surface area contributed by atoms with Gasteiger partial charge in [-0.3, -0.25) is 4.98 Å². The van der Waals surface area contributed by atoms with Crippen LogP contribution in [0.1, 0.15) is 32.2 Å². The second kappa shape index (κ2) is 5.90. The molecule has 6 heteroatoms. The van der Waals surface area contributed by atoms with E-state index < -0.39 is 23.5 Å². The molecule has 0 aliphatic carbocycles. The van der Waals surface area contributed by atoms with E-state index in [2.05, 4.69) is 15.6 Å². The molecule has 3 N–H and O–H groups in total. The topological polar surface area (TPSA) is 91.3 Å². The smallest absolute Gasteiger partial charge is 0.326 e. The lowest BCUT2D eigenvalue weighted by atomic mass is 9.87. The van der Waals surface area contributed by atoms with Crippen LogP contribution in [0.5, 0.6) is 0 Å². The number of pyridine rings is 1. The summed E-state index contributed by atoms with van der Waals surface area (Å²) in [6.07, 6.45) is 0. The molecule has 20 heavy (non-hydrogen) atoms. The van der Waals surface area contributed by atoms with E-state index in [1.165, 1.54) is 0 Å². The van der Waals surface area contributed by atoms with Crippen LogP contribution in [0.4, 0.5) is 10.5 Å². The van der Waals surface area contributed by atoms with Crippen molar-refractivity contribution in [2.75, 3.05) is 5.32 Å². The highest BCUT2D eigenvalue weighted by atomic mass is 16.4. The van der Waals surface area contributed by atoms with E-state index in [-0.39, 0.29) is 0 Å². The minimum atomic E-state index is -1.06. The number of amides is 2. The molecule has 1 rings (SSSR count). The normalized spacial score (nSPS) is 12.7. The van der Waals surface area contributed by atoms with E-state index in [4.69, 9.17) is 5.11 Å². The molecule has 6 nitrogen and oxygen atoms in total. The van der Waals surface area contributed by atoms with Crippen LogP contribution in [0.25, 0.3) is 0 Å². The number of carbonyl (C=O) groups is 2. The molecule has 1 heterocycles. The molecule has 0 spiro atoms. The zero-order valence-corrected chi connectivity index (χ0v) is 12.4. The van der Waals surface area contributed by atoms with Gasteiger partial charge in [0.05, 0.1) is 11.4 Å². The van der Waals surface area contributed by atoms with Crippen LogP contribution >= 0.6 is 0 Å². The number of aliphatic carboxylic acids is 1. The van der Waals surface area contributed by atoms with Crippen molar-refractivity contribution in [3.8, 4) is 0 Å². The molecule has 0 aromatic carbocycles. The van der Waals surface area contributed by atoms with Crippen LogP contribution in [0, 0.1) is 19.3 Å². The average Bonchev–Trinajstić information content (AvgIpc) is 2.28. The summed E-state index contributed by atoms with van der Waals surface area (Å²) in [5.41, 5.74) is 1.52. The van der Waals surface area contributed by atoms with Gasteiger partial charge < -0.3 is 15.7 Å². The molecular formula is C14H21N3O3. The van der Waals surface area contributed by atoms with Gasteiger partial charge in [0.1, 0.15) is 6.04 Å². The number of carboxylic acid groups (broad SMARTS) is 1. The van der Waals surface area contributed by atoms with Gasteiger partial charge in [0.2, 0.25) is 0 Å². The van der Waals surface area contributed by atoms with E-state index in [9.17, 15) is 9.59 Å². The summed E-state index contributed by atoms with van der Waals surface area (Å²) < 4.78 is 0. The van der Waals surface area contributed by atoms with Gasteiger partial charge in [0, 0.05) is 5.69 Å². The number of rotatable bonds is 3. The zero-order chi connectivity index (χ0) is 15.5. The number of hydrogen-bond acceptors (Lipinski definition) is 3. The number of nitrogens with zero attached hydrogens (tertiary/aromatic N) is 1. The third-order valence-electron chi connectivity index (χ3n) is 2.86. The molecule has 0 unspecified atom stereocenters. The van der Waals surface area contributed by atoms with Crippen molar-refractivity contribution >= 4 is 17.7 Å². The molecule has 1 atom stereocenters. The Morgan fingerprint density at radius 3 is 2.30 bits per heavy atom. The zero-order valence-electron chi connectivity index (χ0n) is 12.4. The molecular weight excluding hydrogens is 258 g/mol. The summed E-state index contributed by atoms with van der Waals surface area (Å²) in [5.74, 6) is -1.06. The van der Waals surface area contributed by atoms with E-state index in [1.54, 1.807) is 39.8 Å². The maximum absolute atomic E-state index is 11.9. The molecule has 0 saturated heterocycles. The predicted octanol–water partition coefficient (Wildman–Crippen LogP) is 2.32. The number of hydrogen-bond donors (Lipinski definition) is 3. The highest BCUT2D eigenvalue weighted by Gasteiger charge is 2.32. The summed E-state index contributed by atoms with van der Waals surface area (Å²) in [4.78, 5) is 27.3. The van der Waals surface area contributed by atoms with Gasteiger partial charge in [0.15, 0.2) is 0 Å². The largest absolute Gasteiger partial charge is 0.480 e. The van der Waals surface area contributed by atoms with Gasteiger partial charge in [-0.1, -0.05) is 20.8 Å². The number of anilines is 1. The van der Waals surface area contributed by atoms with Gasteiger partial charge in [-0.15, -0.1) is 0 Å². The first kappa shape index (κ1) is 15.9. The highest BCUT2D eigenvalue weighted by molar-refractivity contribution is 5.92. The third kappa shape index (κ3) is 4.22. The molecule has 0 aliphatic rings. The maximum Gasteiger partial charge on any atom is 0.326 e. The Labute approximate surface area is 118 Å². The molecule has 0 radical (unpaired) electrons. The average molecular weight is 279 g/mol. The number of aryl methyl sites for hydroxylation is 2. The Kier molecular flexibility index (Phi) is 4.70. The van der Waals surface area contributed by atoms with Crippen molar-refractivity contribution in [3.05, 3.63) is 23.5 Å². The fourth-order valence-corrected chi connectivity index (χ4v) is 1.76. The van der Waals surface area contributed by atoms with Crippen LogP contribution in [0.3, 0.4) is 0 Å². The minimum absolute atomic E-state index is 0.555. The monoisotopic (exact) mass is 279 g/mol. The van der Waals surface area contributed by atoms with Gasteiger partial charge >= 0.3 is 12.0 Å². The van der Waals surface area contributed by atoms with Crippen molar-refractivity contribution in [3.63, 3.8) is 0 Å². The second-order valence-corrected chi connectivity index (χ2v) is 5.82. The van der Waals surface area contributed by atoms with E-state index in [0.29, 0.717) is 11.4 Å². The van der Waals surface area contributed by atoms with Crippen molar-refractivity contribution in [2.24, 2.45) is 5.41 Å². The first-order valence-electron chi connectivity index (χ1n) is 6.36. The van der Waals surface area contributed by atoms with Crippen molar-refractivity contribution in [1.82, 2.24) is 10.3 Å². The number of carbonyl (C=O) groups excluding carboxylic acids is 1. The molecule has 2 amide bonds. The van der Waals surface area contributed by atoms with Gasteiger partial charge in [-0.25, -0.2) is 9.59 Å². The van der Waals surface area contributed by atoms with Crippen molar-refractivity contribution in [1.29, 1.82) is 0 Å². The fraction of sp³-hybridized carbons (Fsp3) is 0.500. The molecule has 0 saturated carbocycles. The first-order chi connectivity index (χ1) is 9.11. The predicted molar refractivity (Wildman–Crippen MR) is 76.7 cm³/mol. The lowest BCUT2D eigenvalue weighted by Gasteiger charge is -2.27. The number of nitrogens with one attached hydrogen (secondary N) is 2. The van der Waals surface area contributed by atoms with Gasteiger partial charge in [-0.2, -0.15) is 0 Å². The molecule has 0 fully saturated rings. The standard InChI is InChI=1S/C14H21N3O3/c1-8-6-7-10(9(2)15-8)16-13(20)17-11(12(18)19)14(3,4)5/h6-7,11H,1-5H3,(H,18,19)(H2,16,17,20)/t11-/m0/s1. The minimum Gasteiger partial charge on any atom is -0.480 e. The molecule has 1 aromatic heterocycles. The number of urea groups is 1. The molecule has 1 aromatic rings. The number of aromatic nitrogens is 1. The molecule has 0 bridgehead atoms. The summed E-state index contributed by atoms with van der Waals surface area (Å²) in [6, 6.07) is 1.99. The Morgan fingerprint density at radius 2 is 1.85 bits per heavy atom. The quantitative estimate of drug-likeness (QED) is 0.791. The van der Waals surface area contributed by atoms with Crippen LogP contribution < -0.4 is 10.6 Å². The molecule has 0 aliphatic heterocycles. The lowest BCUT2D eigenvalue weighted by Crippen LogP contribution is -2.50. The summed E-state index contributed by atoms with van der Waals surface area (Å²) in [7, 11) is 0. The maximum atomic E-state index is 11.9. The lowest BCUT2D eigenvalue weighted by molar-refractivity contribution is -0.141. The van der Waals surface area contributed by atoms with Crippen LogP contribution in [-0.2, 0) is 4.79 Å². The second-order valence-electron chi connectivity index (χ2n) is 5.82. The summed E-state index contributed by atoms with van der Waals surface area (Å²) >= 11 is 0.